The Morgan fingerprint density at radius 2 is 1.87 bits per heavy atom. The first-order valence-electron chi connectivity index (χ1n) is 7.11. The molecular formula is C17H17ClN2O3. The van der Waals surface area contributed by atoms with Crippen molar-refractivity contribution in [2.45, 2.75) is 26.8 Å². The standard InChI is InChI=1S/C17H17ClN2O3/c1-10-4-5-13(8-11(10)2)12(3)19-17(21)15-9-14(18)6-7-16(15)20(22)23/h4-9,12H,1-3H3,(H,19,21). The van der Waals surface area contributed by atoms with Gasteiger partial charge in [0.15, 0.2) is 0 Å². The number of rotatable bonds is 4. The smallest absolute Gasteiger partial charge is 0.282 e. The molecule has 23 heavy (non-hydrogen) atoms. The fraction of sp³-hybridized carbons (Fsp3) is 0.235. The van der Waals surface area contributed by atoms with Crippen molar-refractivity contribution in [1.29, 1.82) is 0 Å². The molecule has 1 amide bonds. The summed E-state index contributed by atoms with van der Waals surface area (Å²) in [7, 11) is 0. The average molecular weight is 333 g/mol. The van der Waals surface area contributed by atoms with E-state index in [0.29, 0.717) is 0 Å². The molecule has 1 unspecified atom stereocenters. The molecule has 0 fully saturated rings. The van der Waals surface area contributed by atoms with Gasteiger partial charge < -0.3 is 5.32 Å². The number of nitrogens with one attached hydrogen (secondary N) is 1. The van der Waals surface area contributed by atoms with Gasteiger partial charge in [-0.05, 0) is 49.6 Å². The van der Waals surface area contributed by atoms with E-state index in [4.69, 9.17) is 11.6 Å². The number of nitro benzene ring substituents is 1. The molecule has 0 aromatic heterocycles. The van der Waals surface area contributed by atoms with Gasteiger partial charge in [0.25, 0.3) is 11.6 Å². The van der Waals surface area contributed by atoms with E-state index in [2.05, 4.69) is 5.32 Å². The van der Waals surface area contributed by atoms with Crippen LogP contribution in [0.15, 0.2) is 36.4 Å². The van der Waals surface area contributed by atoms with Gasteiger partial charge in [-0.1, -0.05) is 29.8 Å². The third kappa shape index (κ3) is 3.87. The first kappa shape index (κ1) is 17.0. The maximum atomic E-state index is 12.4. The maximum absolute atomic E-state index is 12.4. The van der Waals surface area contributed by atoms with Crippen molar-refractivity contribution in [2.75, 3.05) is 0 Å². The summed E-state index contributed by atoms with van der Waals surface area (Å²) >= 11 is 5.85. The van der Waals surface area contributed by atoms with E-state index in [-0.39, 0.29) is 22.3 Å². The van der Waals surface area contributed by atoms with Crippen molar-refractivity contribution < 1.29 is 9.72 Å². The van der Waals surface area contributed by atoms with Gasteiger partial charge in [0.05, 0.1) is 11.0 Å². The zero-order chi connectivity index (χ0) is 17.1. The normalized spacial score (nSPS) is 11.8. The second-order valence-corrected chi connectivity index (χ2v) is 5.89. The SMILES string of the molecule is Cc1ccc(C(C)NC(=O)c2cc(Cl)ccc2[N+](=O)[O-])cc1C. The molecule has 0 aliphatic rings. The fourth-order valence-electron chi connectivity index (χ4n) is 2.24. The molecule has 0 saturated heterocycles. The van der Waals surface area contributed by atoms with Crippen LogP contribution in [-0.4, -0.2) is 10.8 Å². The highest BCUT2D eigenvalue weighted by atomic mass is 35.5. The Hall–Kier alpha value is -2.40. The number of carbonyl (C=O) groups excluding carboxylic acids is 1. The van der Waals surface area contributed by atoms with Gasteiger partial charge in [0, 0.05) is 11.1 Å². The minimum atomic E-state index is -0.591. The quantitative estimate of drug-likeness (QED) is 0.668. The van der Waals surface area contributed by atoms with Crippen molar-refractivity contribution in [3.63, 3.8) is 0 Å². The number of nitrogens with zero attached hydrogens (tertiary/aromatic N) is 1. The lowest BCUT2D eigenvalue weighted by molar-refractivity contribution is -0.385. The van der Waals surface area contributed by atoms with Gasteiger partial charge in [-0.2, -0.15) is 0 Å². The predicted molar refractivity (Wildman–Crippen MR) is 89.9 cm³/mol. The van der Waals surface area contributed by atoms with Crippen molar-refractivity contribution in [3.05, 3.63) is 73.8 Å². The first-order valence-corrected chi connectivity index (χ1v) is 7.49. The first-order chi connectivity index (χ1) is 10.8. The zero-order valence-corrected chi connectivity index (χ0v) is 13.8. The van der Waals surface area contributed by atoms with Crippen LogP contribution in [0, 0.1) is 24.0 Å². The van der Waals surface area contributed by atoms with Gasteiger partial charge in [-0.15, -0.1) is 0 Å². The molecular weight excluding hydrogens is 316 g/mol. The third-order valence-corrected chi connectivity index (χ3v) is 4.01. The second-order valence-electron chi connectivity index (χ2n) is 5.46. The highest BCUT2D eigenvalue weighted by molar-refractivity contribution is 6.31. The number of halogens is 1. The molecule has 6 heteroatoms. The molecule has 1 atom stereocenters. The molecule has 1 N–H and O–H groups in total. The van der Waals surface area contributed by atoms with Crippen LogP contribution in [0.2, 0.25) is 5.02 Å². The van der Waals surface area contributed by atoms with Crippen molar-refractivity contribution >= 4 is 23.2 Å². The van der Waals surface area contributed by atoms with Gasteiger partial charge in [0.1, 0.15) is 5.56 Å². The summed E-state index contributed by atoms with van der Waals surface area (Å²) in [5.74, 6) is -0.523. The number of nitro groups is 1. The lowest BCUT2D eigenvalue weighted by Gasteiger charge is -2.16. The van der Waals surface area contributed by atoms with Crippen LogP contribution in [0.4, 0.5) is 5.69 Å². The zero-order valence-electron chi connectivity index (χ0n) is 13.1. The lowest BCUT2D eigenvalue weighted by Crippen LogP contribution is -2.27. The molecule has 0 bridgehead atoms. The van der Waals surface area contributed by atoms with Crippen LogP contribution < -0.4 is 5.32 Å². The van der Waals surface area contributed by atoms with Crippen molar-refractivity contribution in [3.8, 4) is 0 Å². The Bertz CT molecular complexity index is 774. The van der Waals surface area contributed by atoms with E-state index in [0.717, 1.165) is 16.7 Å². The predicted octanol–water partition coefficient (Wildman–Crippen LogP) is 4.36. The lowest BCUT2D eigenvalue weighted by atomic mass is 10.0. The minimum absolute atomic E-state index is 0.0433. The van der Waals surface area contributed by atoms with E-state index in [9.17, 15) is 14.9 Å². The molecule has 0 aliphatic carbocycles. The molecule has 0 heterocycles. The van der Waals surface area contributed by atoms with Crippen LogP contribution in [0.3, 0.4) is 0 Å². The van der Waals surface area contributed by atoms with Crippen LogP contribution in [0.1, 0.15) is 40.0 Å². The van der Waals surface area contributed by atoms with Gasteiger partial charge in [-0.3, -0.25) is 14.9 Å². The van der Waals surface area contributed by atoms with Gasteiger partial charge >= 0.3 is 0 Å². The van der Waals surface area contributed by atoms with E-state index < -0.39 is 10.8 Å². The van der Waals surface area contributed by atoms with Crippen LogP contribution in [0.25, 0.3) is 0 Å². The highest BCUT2D eigenvalue weighted by Crippen LogP contribution is 2.24. The number of aryl methyl sites for hydroxylation is 2. The Kier molecular flexibility index (Phi) is 5.01. The molecule has 120 valence electrons. The third-order valence-electron chi connectivity index (χ3n) is 3.78. The molecule has 0 aliphatic heterocycles. The largest absolute Gasteiger partial charge is 0.345 e. The van der Waals surface area contributed by atoms with Gasteiger partial charge in [-0.25, -0.2) is 0 Å². The summed E-state index contributed by atoms with van der Waals surface area (Å²) in [5.41, 5.74) is 2.92. The van der Waals surface area contributed by atoms with Crippen molar-refractivity contribution in [1.82, 2.24) is 5.32 Å². The van der Waals surface area contributed by atoms with Crippen LogP contribution >= 0.6 is 11.6 Å². The summed E-state index contributed by atoms with van der Waals surface area (Å²) in [5, 5.41) is 14.1. The summed E-state index contributed by atoms with van der Waals surface area (Å²) in [4.78, 5) is 22.9. The second kappa shape index (κ2) is 6.79. The molecule has 0 spiro atoms. The fourth-order valence-corrected chi connectivity index (χ4v) is 2.41. The monoisotopic (exact) mass is 332 g/mol. The van der Waals surface area contributed by atoms with Gasteiger partial charge in [0.2, 0.25) is 0 Å². The molecule has 0 saturated carbocycles. The van der Waals surface area contributed by atoms with Crippen LogP contribution in [0.5, 0.6) is 0 Å². The Labute approximate surface area is 139 Å². The van der Waals surface area contributed by atoms with Crippen LogP contribution in [-0.2, 0) is 0 Å². The molecule has 2 rings (SSSR count). The topological polar surface area (TPSA) is 72.2 Å². The summed E-state index contributed by atoms with van der Waals surface area (Å²) in [6.07, 6.45) is 0. The molecule has 2 aromatic rings. The Morgan fingerprint density at radius 3 is 2.48 bits per heavy atom. The molecule has 5 nitrogen and oxygen atoms in total. The van der Waals surface area contributed by atoms with E-state index in [1.807, 2.05) is 39.0 Å². The highest BCUT2D eigenvalue weighted by Gasteiger charge is 2.22. The van der Waals surface area contributed by atoms with E-state index in [1.165, 1.54) is 18.2 Å². The Morgan fingerprint density at radius 1 is 1.17 bits per heavy atom. The molecule has 0 radical (unpaired) electrons. The Balaban J connectivity index is 2.26. The summed E-state index contributed by atoms with van der Waals surface area (Å²) in [6, 6.07) is 9.56. The minimum Gasteiger partial charge on any atom is -0.345 e. The number of hydrogen-bond acceptors (Lipinski definition) is 3. The van der Waals surface area contributed by atoms with Crippen molar-refractivity contribution in [2.24, 2.45) is 0 Å². The number of amides is 1. The number of benzene rings is 2. The van der Waals surface area contributed by atoms with E-state index >= 15 is 0 Å². The maximum Gasteiger partial charge on any atom is 0.282 e. The summed E-state index contributed by atoms with van der Waals surface area (Å²) in [6.45, 7) is 5.84. The number of hydrogen-bond donors (Lipinski definition) is 1. The van der Waals surface area contributed by atoms with E-state index in [1.54, 1.807) is 0 Å². The summed E-state index contributed by atoms with van der Waals surface area (Å²) < 4.78 is 0. The average Bonchev–Trinajstić information content (AvgIpc) is 2.49. The number of carbonyl (C=O) groups is 1. The molecule has 2 aromatic carbocycles.